The Morgan fingerprint density at radius 2 is 2.13 bits per heavy atom. The molecule has 0 heterocycles. The van der Waals surface area contributed by atoms with Crippen LogP contribution in [0.5, 0.6) is 0 Å². The van der Waals surface area contributed by atoms with Gasteiger partial charge in [-0.2, -0.15) is 5.26 Å². The van der Waals surface area contributed by atoms with E-state index < -0.39 is 0 Å². The van der Waals surface area contributed by atoms with Crippen LogP contribution >= 0.6 is 15.9 Å². The summed E-state index contributed by atoms with van der Waals surface area (Å²) >= 11 is 3.30. The van der Waals surface area contributed by atoms with Crippen molar-refractivity contribution in [1.29, 1.82) is 5.26 Å². The van der Waals surface area contributed by atoms with Crippen molar-refractivity contribution in [3.63, 3.8) is 0 Å². The molecule has 0 aliphatic rings. The third-order valence-corrected chi connectivity index (χ3v) is 2.41. The molecule has 1 aromatic rings. The van der Waals surface area contributed by atoms with Gasteiger partial charge in [-0.1, -0.05) is 15.9 Å². The molecule has 1 N–H and O–H groups in total. The minimum atomic E-state index is -0.148. The maximum atomic E-state index is 11.6. The van der Waals surface area contributed by atoms with Gasteiger partial charge in [0, 0.05) is 16.1 Å². The van der Waals surface area contributed by atoms with E-state index in [9.17, 15) is 4.79 Å². The van der Waals surface area contributed by atoms with E-state index in [0.29, 0.717) is 12.0 Å². The Morgan fingerprint density at radius 3 is 2.67 bits per heavy atom. The van der Waals surface area contributed by atoms with Crippen molar-refractivity contribution in [3.8, 4) is 6.07 Å². The first-order valence-electron chi connectivity index (χ1n) is 4.57. The van der Waals surface area contributed by atoms with Crippen LogP contribution in [0.3, 0.4) is 0 Å². The molecule has 1 rings (SSSR count). The predicted molar refractivity (Wildman–Crippen MR) is 61.3 cm³/mol. The van der Waals surface area contributed by atoms with Crippen LogP contribution in [0.4, 0.5) is 0 Å². The normalized spacial score (nSPS) is 11.5. The van der Waals surface area contributed by atoms with Crippen molar-refractivity contribution >= 4 is 21.8 Å². The largest absolute Gasteiger partial charge is 0.349 e. The summed E-state index contributed by atoms with van der Waals surface area (Å²) in [6, 6.07) is 8.98. The molecule has 1 unspecified atom stereocenters. The van der Waals surface area contributed by atoms with Gasteiger partial charge in [-0.25, -0.2) is 0 Å². The molecular weight excluding hydrogens is 256 g/mol. The molecule has 0 fully saturated rings. The zero-order valence-corrected chi connectivity index (χ0v) is 9.91. The number of nitrogens with one attached hydrogen (secondary N) is 1. The lowest BCUT2D eigenvalue weighted by Gasteiger charge is -2.09. The second-order valence-electron chi connectivity index (χ2n) is 3.24. The average molecular weight is 267 g/mol. The maximum Gasteiger partial charge on any atom is 0.251 e. The Hall–Kier alpha value is -1.34. The fraction of sp³-hybridized carbons (Fsp3) is 0.273. The highest BCUT2D eigenvalue weighted by atomic mass is 79.9. The van der Waals surface area contributed by atoms with Crippen LogP contribution in [0.25, 0.3) is 0 Å². The molecule has 0 saturated carbocycles. The Morgan fingerprint density at radius 1 is 1.53 bits per heavy atom. The van der Waals surface area contributed by atoms with Crippen LogP contribution in [-0.4, -0.2) is 11.9 Å². The molecule has 1 amide bonds. The average Bonchev–Trinajstić information content (AvgIpc) is 2.18. The molecule has 0 aliphatic carbocycles. The topological polar surface area (TPSA) is 52.9 Å². The molecule has 0 radical (unpaired) electrons. The molecule has 0 bridgehead atoms. The summed E-state index contributed by atoms with van der Waals surface area (Å²) in [5, 5.41) is 11.2. The van der Waals surface area contributed by atoms with E-state index in [1.54, 1.807) is 19.1 Å². The quantitative estimate of drug-likeness (QED) is 0.914. The first kappa shape index (κ1) is 11.7. The minimum Gasteiger partial charge on any atom is -0.349 e. The highest BCUT2D eigenvalue weighted by Gasteiger charge is 2.08. The van der Waals surface area contributed by atoms with Crippen molar-refractivity contribution in [2.45, 2.75) is 19.4 Å². The third-order valence-electron chi connectivity index (χ3n) is 1.88. The van der Waals surface area contributed by atoms with Crippen LogP contribution in [0, 0.1) is 11.3 Å². The summed E-state index contributed by atoms with van der Waals surface area (Å²) in [4.78, 5) is 11.6. The fourth-order valence-corrected chi connectivity index (χ4v) is 1.36. The molecular formula is C11H11BrN2O. The number of hydrogen-bond donors (Lipinski definition) is 1. The Balaban J connectivity index is 2.62. The fourth-order valence-electron chi connectivity index (χ4n) is 1.10. The molecule has 0 aromatic heterocycles. The standard InChI is InChI=1S/C11H11BrN2O/c1-8(6-7-13)14-11(15)9-2-4-10(12)5-3-9/h2-5,8H,6H2,1H3,(H,14,15). The van der Waals surface area contributed by atoms with E-state index in [4.69, 9.17) is 5.26 Å². The van der Waals surface area contributed by atoms with Crippen molar-refractivity contribution in [2.24, 2.45) is 0 Å². The van der Waals surface area contributed by atoms with Gasteiger partial charge >= 0.3 is 0 Å². The van der Waals surface area contributed by atoms with Crippen LogP contribution in [-0.2, 0) is 0 Å². The predicted octanol–water partition coefficient (Wildman–Crippen LogP) is 2.48. The molecule has 1 atom stereocenters. The number of nitrogens with zero attached hydrogens (tertiary/aromatic N) is 1. The van der Waals surface area contributed by atoms with Gasteiger partial charge in [-0.05, 0) is 31.2 Å². The summed E-state index contributed by atoms with van der Waals surface area (Å²) < 4.78 is 0.934. The molecule has 0 saturated heterocycles. The number of halogens is 1. The number of carbonyl (C=O) groups excluding carboxylic acids is 1. The van der Waals surface area contributed by atoms with Gasteiger partial charge in [0.05, 0.1) is 12.5 Å². The number of hydrogen-bond acceptors (Lipinski definition) is 2. The van der Waals surface area contributed by atoms with E-state index in [0.717, 1.165) is 4.47 Å². The van der Waals surface area contributed by atoms with E-state index >= 15 is 0 Å². The molecule has 15 heavy (non-hydrogen) atoms. The van der Waals surface area contributed by atoms with E-state index in [1.165, 1.54) is 0 Å². The number of nitriles is 1. The first-order valence-corrected chi connectivity index (χ1v) is 5.36. The van der Waals surface area contributed by atoms with Crippen molar-refractivity contribution in [1.82, 2.24) is 5.32 Å². The Bertz CT molecular complexity index is 381. The third kappa shape index (κ3) is 3.72. The Kier molecular flexibility index (Phi) is 4.32. The van der Waals surface area contributed by atoms with Gasteiger partial charge < -0.3 is 5.32 Å². The minimum absolute atomic E-state index is 0.119. The number of benzene rings is 1. The number of rotatable bonds is 3. The van der Waals surface area contributed by atoms with Crippen LogP contribution < -0.4 is 5.32 Å². The van der Waals surface area contributed by atoms with Crippen molar-refractivity contribution < 1.29 is 4.79 Å². The molecule has 4 heteroatoms. The monoisotopic (exact) mass is 266 g/mol. The summed E-state index contributed by atoms with van der Waals surface area (Å²) in [6.45, 7) is 1.81. The lowest BCUT2D eigenvalue weighted by atomic mass is 10.2. The lowest BCUT2D eigenvalue weighted by molar-refractivity contribution is 0.0941. The molecule has 1 aromatic carbocycles. The van der Waals surface area contributed by atoms with Gasteiger partial charge in [0.15, 0.2) is 0 Å². The van der Waals surface area contributed by atoms with E-state index in [2.05, 4.69) is 21.2 Å². The number of amides is 1. The second kappa shape index (κ2) is 5.52. The first-order chi connectivity index (χ1) is 7.13. The summed E-state index contributed by atoms with van der Waals surface area (Å²) in [5.41, 5.74) is 0.600. The number of carbonyl (C=O) groups is 1. The lowest BCUT2D eigenvalue weighted by Crippen LogP contribution is -2.32. The molecule has 0 aliphatic heterocycles. The highest BCUT2D eigenvalue weighted by molar-refractivity contribution is 9.10. The van der Waals surface area contributed by atoms with Gasteiger partial charge in [0.2, 0.25) is 0 Å². The Labute approximate surface area is 97.2 Å². The van der Waals surface area contributed by atoms with E-state index in [1.807, 2.05) is 18.2 Å². The summed E-state index contributed by atoms with van der Waals surface area (Å²) in [5.74, 6) is -0.148. The molecule has 3 nitrogen and oxygen atoms in total. The van der Waals surface area contributed by atoms with Gasteiger partial charge in [-0.3, -0.25) is 4.79 Å². The van der Waals surface area contributed by atoms with Crippen LogP contribution in [0.1, 0.15) is 23.7 Å². The van der Waals surface area contributed by atoms with Crippen LogP contribution in [0.15, 0.2) is 28.7 Å². The zero-order chi connectivity index (χ0) is 11.3. The van der Waals surface area contributed by atoms with Crippen LogP contribution in [0.2, 0.25) is 0 Å². The van der Waals surface area contributed by atoms with Gasteiger partial charge in [0.25, 0.3) is 5.91 Å². The smallest absolute Gasteiger partial charge is 0.251 e. The van der Waals surface area contributed by atoms with Crippen molar-refractivity contribution in [3.05, 3.63) is 34.3 Å². The maximum absolute atomic E-state index is 11.6. The summed E-state index contributed by atoms with van der Waals surface area (Å²) in [7, 11) is 0. The highest BCUT2D eigenvalue weighted by Crippen LogP contribution is 2.10. The second-order valence-corrected chi connectivity index (χ2v) is 4.16. The van der Waals surface area contributed by atoms with Gasteiger partial charge in [0.1, 0.15) is 0 Å². The SMILES string of the molecule is CC(CC#N)NC(=O)c1ccc(Br)cc1. The summed E-state index contributed by atoms with van der Waals surface area (Å²) in [6.07, 6.45) is 0.322. The van der Waals surface area contributed by atoms with Gasteiger partial charge in [-0.15, -0.1) is 0 Å². The molecule has 78 valence electrons. The van der Waals surface area contributed by atoms with E-state index in [-0.39, 0.29) is 11.9 Å². The van der Waals surface area contributed by atoms with Crippen molar-refractivity contribution in [2.75, 3.05) is 0 Å². The zero-order valence-electron chi connectivity index (χ0n) is 8.33. The molecule has 0 spiro atoms.